The van der Waals surface area contributed by atoms with Gasteiger partial charge in [-0.15, -0.1) is 0 Å². The molecular weight excluding hydrogens is 471 g/mol. The molecule has 0 bridgehead atoms. The number of anilines is 2. The molecule has 0 aliphatic heterocycles. The zero-order chi connectivity index (χ0) is 19.7. The van der Waals surface area contributed by atoms with Gasteiger partial charge in [-0.05, 0) is 41.1 Å². The van der Waals surface area contributed by atoms with E-state index in [1.165, 1.54) is 12.5 Å². The molecule has 4 aromatic heterocycles. The van der Waals surface area contributed by atoms with Crippen molar-refractivity contribution in [2.75, 3.05) is 5.32 Å². The molecule has 4 rings (SSSR count). The van der Waals surface area contributed by atoms with Gasteiger partial charge in [0.15, 0.2) is 11.4 Å². The summed E-state index contributed by atoms with van der Waals surface area (Å²) >= 11 is 2.12. The van der Waals surface area contributed by atoms with Crippen LogP contribution in [-0.4, -0.2) is 29.5 Å². The third-order valence-electron chi connectivity index (χ3n) is 3.93. The number of fused-ring (bicyclic) bond motifs is 1. The number of imidazole rings is 1. The Hall–Kier alpha value is -3.33. The highest BCUT2D eigenvalue weighted by Crippen LogP contribution is 2.31. The van der Waals surface area contributed by atoms with E-state index in [1.54, 1.807) is 23.0 Å². The number of nitrogens with one attached hydrogen (secondary N) is 1. The number of rotatable bonds is 4. The molecule has 0 saturated carbocycles. The Balaban J connectivity index is 1.75. The Kier molecular flexibility index (Phi) is 4.74. The van der Waals surface area contributed by atoms with E-state index in [0.717, 1.165) is 9.26 Å². The molecule has 9 nitrogen and oxygen atoms in total. The number of aromatic nitrogens is 6. The fourth-order valence-electron chi connectivity index (χ4n) is 2.59. The minimum atomic E-state index is 0.334. The molecule has 0 aliphatic rings. The molecule has 138 valence electrons. The Bertz CT molecular complexity index is 1230. The molecule has 4 aromatic rings. The van der Waals surface area contributed by atoms with E-state index >= 15 is 0 Å². The highest BCUT2D eigenvalue weighted by molar-refractivity contribution is 14.1. The van der Waals surface area contributed by atoms with Crippen molar-refractivity contribution >= 4 is 45.3 Å². The highest BCUT2D eigenvalue weighted by Gasteiger charge is 2.14. The number of nitrogens with zero attached hydrogens (tertiary/aromatic N) is 7. The van der Waals surface area contributed by atoms with Crippen LogP contribution in [0.15, 0.2) is 37.1 Å². The van der Waals surface area contributed by atoms with Crippen molar-refractivity contribution < 1.29 is 4.74 Å². The molecule has 1 N–H and O–H groups in total. The van der Waals surface area contributed by atoms with Gasteiger partial charge in [-0.25, -0.2) is 19.9 Å². The monoisotopic (exact) mass is 484 g/mol. The van der Waals surface area contributed by atoms with Crippen molar-refractivity contribution in [1.29, 1.82) is 5.26 Å². The standard InChI is InChI=1S/C18H13IN8O/c1-10-3-11(6-20)21-7-13(10)28-16-4-12(17-18(26-16)27(2)9-24-17)25-15-5-14(19)22-8-23-15/h3-5,7-9H,1-2H3,(H,22,23,25,26). The normalized spacial score (nSPS) is 10.6. The third-order valence-corrected chi connectivity index (χ3v) is 4.52. The van der Waals surface area contributed by atoms with Gasteiger partial charge in [0, 0.05) is 19.2 Å². The van der Waals surface area contributed by atoms with E-state index in [-0.39, 0.29) is 0 Å². The van der Waals surface area contributed by atoms with E-state index in [1.807, 2.05) is 26.1 Å². The topological polar surface area (TPSA) is 114 Å². The van der Waals surface area contributed by atoms with E-state index in [0.29, 0.717) is 40.0 Å². The second-order valence-corrected chi connectivity index (χ2v) is 7.04. The summed E-state index contributed by atoms with van der Waals surface area (Å²) in [6.07, 6.45) is 4.69. The lowest BCUT2D eigenvalue weighted by molar-refractivity contribution is 0.459. The largest absolute Gasteiger partial charge is 0.437 e. The first-order valence-corrected chi connectivity index (χ1v) is 9.22. The predicted molar refractivity (Wildman–Crippen MR) is 110 cm³/mol. The first kappa shape index (κ1) is 18.1. The van der Waals surface area contributed by atoms with Crippen LogP contribution in [0.4, 0.5) is 11.5 Å². The molecule has 0 amide bonds. The zero-order valence-electron chi connectivity index (χ0n) is 14.9. The number of nitriles is 1. The maximum atomic E-state index is 8.97. The van der Waals surface area contributed by atoms with Crippen LogP contribution in [0.3, 0.4) is 0 Å². The minimum Gasteiger partial charge on any atom is -0.437 e. The SMILES string of the molecule is Cc1cc(C#N)ncc1Oc1cc(Nc2cc(I)ncn2)c2ncn(C)c2n1. The lowest BCUT2D eigenvalue weighted by Gasteiger charge is -2.11. The zero-order valence-corrected chi connectivity index (χ0v) is 17.0. The molecule has 0 aromatic carbocycles. The molecule has 0 saturated heterocycles. The summed E-state index contributed by atoms with van der Waals surface area (Å²) in [5, 5.41) is 12.2. The number of aryl methyl sites for hydroxylation is 2. The van der Waals surface area contributed by atoms with Gasteiger partial charge in [0.25, 0.3) is 0 Å². The summed E-state index contributed by atoms with van der Waals surface area (Å²) < 4.78 is 8.57. The highest BCUT2D eigenvalue weighted by atomic mass is 127. The molecule has 0 radical (unpaired) electrons. The second-order valence-electron chi connectivity index (χ2n) is 5.94. The second kappa shape index (κ2) is 7.35. The fraction of sp³-hybridized carbons (Fsp3) is 0.111. The Morgan fingerprint density at radius 1 is 1.18 bits per heavy atom. The van der Waals surface area contributed by atoms with E-state index in [9.17, 15) is 0 Å². The van der Waals surface area contributed by atoms with Crippen LogP contribution >= 0.6 is 22.6 Å². The van der Waals surface area contributed by atoms with Crippen LogP contribution in [0.2, 0.25) is 0 Å². The number of hydrogen-bond donors (Lipinski definition) is 1. The number of hydrogen-bond acceptors (Lipinski definition) is 8. The summed E-state index contributed by atoms with van der Waals surface area (Å²) in [4.78, 5) is 21.3. The van der Waals surface area contributed by atoms with E-state index in [2.05, 4.69) is 52.8 Å². The van der Waals surface area contributed by atoms with Gasteiger partial charge in [-0.3, -0.25) is 0 Å². The first-order valence-electron chi connectivity index (χ1n) is 8.15. The molecule has 4 heterocycles. The summed E-state index contributed by atoms with van der Waals surface area (Å²) in [5.41, 5.74) is 3.18. The number of pyridine rings is 2. The summed E-state index contributed by atoms with van der Waals surface area (Å²) in [7, 11) is 1.86. The Morgan fingerprint density at radius 3 is 2.79 bits per heavy atom. The number of halogens is 1. The molecule has 0 fully saturated rings. The van der Waals surface area contributed by atoms with Gasteiger partial charge in [0.2, 0.25) is 5.88 Å². The van der Waals surface area contributed by atoms with Gasteiger partial charge < -0.3 is 14.6 Å². The average Bonchev–Trinajstić information content (AvgIpc) is 3.05. The molecule has 10 heteroatoms. The lowest BCUT2D eigenvalue weighted by atomic mass is 10.2. The van der Waals surface area contributed by atoms with Gasteiger partial charge in [0.1, 0.15) is 33.1 Å². The van der Waals surface area contributed by atoms with Gasteiger partial charge in [0.05, 0.1) is 18.2 Å². The molecule has 0 atom stereocenters. The quantitative estimate of drug-likeness (QED) is 0.346. The van der Waals surface area contributed by atoms with Crippen molar-refractivity contribution in [3.8, 4) is 17.7 Å². The molecular formula is C18H13IN8O. The predicted octanol–water partition coefficient (Wildman–Crippen LogP) is 3.47. The summed E-state index contributed by atoms with van der Waals surface area (Å²) in [6.45, 7) is 1.85. The van der Waals surface area contributed by atoms with Crippen LogP contribution in [-0.2, 0) is 7.05 Å². The Labute approximate surface area is 173 Å². The smallest absolute Gasteiger partial charge is 0.223 e. The van der Waals surface area contributed by atoms with Crippen LogP contribution in [0, 0.1) is 22.0 Å². The van der Waals surface area contributed by atoms with Crippen molar-refractivity contribution in [3.63, 3.8) is 0 Å². The maximum absolute atomic E-state index is 8.97. The Morgan fingerprint density at radius 2 is 2.04 bits per heavy atom. The molecule has 0 aliphatic carbocycles. The molecule has 0 spiro atoms. The van der Waals surface area contributed by atoms with Crippen LogP contribution in [0.1, 0.15) is 11.3 Å². The van der Waals surface area contributed by atoms with Crippen molar-refractivity contribution in [2.24, 2.45) is 7.05 Å². The number of ether oxygens (including phenoxy) is 1. The molecule has 0 unspecified atom stereocenters. The van der Waals surface area contributed by atoms with Crippen molar-refractivity contribution in [1.82, 2.24) is 29.5 Å². The lowest BCUT2D eigenvalue weighted by Crippen LogP contribution is -2.00. The van der Waals surface area contributed by atoms with Crippen molar-refractivity contribution in [2.45, 2.75) is 6.92 Å². The third kappa shape index (κ3) is 3.56. The van der Waals surface area contributed by atoms with Gasteiger partial charge in [-0.2, -0.15) is 10.2 Å². The first-order chi connectivity index (χ1) is 13.5. The fourth-order valence-corrected chi connectivity index (χ4v) is 3.01. The minimum absolute atomic E-state index is 0.334. The molecule has 28 heavy (non-hydrogen) atoms. The summed E-state index contributed by atoms with van der Waals surface area (Å²) in [5.74, 6) is 1.53. The van der Waals surface area contributed by atoms with Gasteiger partial charge >= 0.3 is 0 Å². The van der Waals surface area contributed by atoms with Crippen molar-refractivity contribution in [3.05, 3.63) is 52.0 Å². The van der Waals surface area contributed by atoms with Crippen LogP contribution < -0.4 is 10.1 Å². The van der Waals surface area contributed by atoms with Gasteiger partial charge in [-0.1, -0.05) is 0 Å². The maximum Gasteiger partial charge on any atom is 0.223 e. The van der Waals surface area contributed by atoms with Crippen LogP contribution in [0.5, 0.6) is 11.6 Å². The van der Waals surface area contributed by atoms with E-state index in [4.69, 9.17) is 10.00 Å². The van der Waals surface area contributed by atoms with Crippen LogP contribution in [0.25, 0.3) is 11.2 Å². The van der Waals surface area contributed by atoms with E-state index < -0.39 is 0 Å². The summed E-state index contributed by atoms with van der Waals surface area (Å²) in [6, 6.07) is 7.25. The average molecular weight is 484 g/mol.